The Morgan fingerprint density at radius 3 is 1.00 bits per heavy atom. The molecule has 6 nitrogen and oxygen atoms in total. The lowest BCUT2D eigenvalue weighted by Crippen LogP contribution is -2.24. The summed E-state index contributed by atoms with van der Waals surface area (Å²) < 4.78 is 25.3. The molecule has 0 unspecified atom stereocenters. The Kier molecular flexibility index (Phi) is 14.1. The quantitative estimate of drug-likeness (QED) is 0.119. The standard InChI is InChI=1S/C60H74O6/c1-18-21-52(65-50-28-26-38(30-36(50)2)42-22-19-24-44(53(42)61)40-32-46(57(4,5)6)55(63-16)47(33-40)58(7,8)9)66-51-29-27-39(31-37(51)3)43-23-20-25-45(54(43)62)41-34-48(59(10,11)12)56(64-17)49(35-41)60(13,14)15/h19-20,22-35,52,61-62H,18,21H2,1-17H3. The molecule has 6 rings (SSSR count). The molecule has 0 saturated heterocycles. The number of para-hydroxylation sites is 2. The van der Waals surface area contributed by atoms with Gasteiger partial charge in [-0.2, -0.15) is 0 Å². The van der Waals surface area contributed by atoms with Gasteiger partial charge < -0.3 is 29.2 Å². The van der Waals surface area contributed by atoms with E-state index in [0.29, 0.717) is 17.9 Å². The Morgan fingerprint density at radius 2 is 0.742 bits per heavy atom. The number of phenolic OH excluding ortho intramolecular Hbond substituents is 2. The predicted molar refractivity (Wildman–Crippen MR) is 275 cm³/mol. The SMILES string of the molecule is CCCC(Oc1ccc(-c2cccc(-c3cc(C(C)(C)C)c(OC)c(C(C)(C)C)c3)c2O)cc1C)Oc1ccc(-c2cccc(-c3cc(C(C)(C)C)c(OC)c(C(C)(C)C)c3)c2O)cc1C. The van der Waals surface area contributed by atoms with Gasteiger partial charge >= 0.3 is 0 Å². The molecule has 0 bridgehead atoms. The molecule has 0 heterocycles. The molecule has 0 aliphatic heterocycles. The number of ether oxygens (including phenoxy) is 4. The Bertz CT molecular complexity index is 2460. The van der Waals surface area contributed by atoms with Crippen LogP contribution < -0.4 is 18.9 Å². The molecule has 350 valence electrons. The van der Waals surface area contributed by atoms with E-state index in [1.165, 1.54) is 0 Å². The highest BCUT2D eigenvalue weighted by Crippen LogP contribution is 2.48. The number of hydrogen-bond donors (Lipinski definition) is 2. The average Bonchev–Trinajstić information content (AvgIpc) is 3.23. The van der Waals surface area contributed by atoms with E-state index in [4.69, 9.17) is 18.9 Å². The van der Waals surface area contributed by atoms with Crippen LogP contribution in [0.3, 0.4) is 0 Å². The van der Waals surface area contributed by atoms with Gasteiger partial charge in [0.1, 0.15) is 34.5 Å². The van der Waals surface area contributed by atoms with Crippen molar-refractivity contribution in [1.82, 2.24) is 0 Å². The number of aryl methyl sites for hydroxylation is 2. The topological polar surface area (TPSA) is 77.4 Å². The molecule has 0 aliphatic rings. The summed E-state index contributed by atoms with van der Waals surface area (Å²) in [6.07, 6.45) is 1.00. The largest absolute Gasteiger partial charge is 0.507 e. The highest BCUT2D eigenvalue weighted by Gasteiger charge is 2.30. The van der Waals surface area contributed by atoms with Gasteiger partial charge in [0.25, 0.3) is 0 Å². The molecule has 6 aromatic carbocycles. The second-order valence-corrected chi connectivity index (χ2v) is 22.0. The Labute approximate surface area is 396 Å². The molecule has 2 N–H and O–H groups in total. The lowest BCUT2D eigenvalue weighted by atomic mass is 9.77. The van der Waals surface area contributed by atoms with Gasteiger partial charge in [0.2, 0.25) is 6.29 Å². The van der Waals surface area contributed by atoms with Crippen molar-refractivity contribution in [3.05, 3.63) is 130 Å². The second-order valence-electron chi connectivity index (χ2n) is 22.0. The summed E-state index contributed by atoms with van der Waals surface area (Å²) in [5.74, 6) is 3.68. The highest BCUT2D eigenvalue weighted by atomic mass is 16.7. The third-order valence-electron chi connectivity index (χ3n) is 12.5. The van der Waals surface area contributed by atoms with Gasteiger partial charge in [0.15, 0.2) is 0 Å². The lowest BCUT2D eigenvalue weighted by Gasteiger charge is -2.30. The Hall–Kier alpha value is -5.88. The van der Waals surface area contributed by atoms with Crippen molar-refractivity contribution >= 4 is 0 Å². The average molecular weight is 891 g/mol. The van der Waals surface area contributed by atoms with Gasteiger partial charge in [0.05, 0.1) is 14.2 Å². The molecule has 0 aromatic heterocycles. The maximum Gasteiger partial charge on any atom is 0.241 e. The summed E-state index contributed by atoms with van der Waals surface area (Å²) >= 11 is 0. The van der Waals surface area contributed by atoms with Crippen LogP contribution in [-0.4, -0.2) is 30.7 Å². The molecular weight excluding hydrogens is 817 g/mol. The van der Waals surface area contributed by atoms with Crippen molar-refractivity contribution < 1.29 is 29.2 Å². The van der Waals surface area contributed by atoms with Crippen LogP contribution in [0.25, 0.3) is 44.5 Å². The van der Waals surface area contributed by atoms with Crippen molar-refractivity contribution in [3.8, 4) is 79.0 Å². The monoisotopic (exact) mass is 891 g/mol. The molecule has 6 aromatic rings. The minimum absolute atomic E-state index is 0.174. The van der Waals surface area contributed by atoms with Gasteiger partial charge in [-0.1, -0.05) is 139 Å². The van der Waals surface area contributed by atoms with Gasteiger partial charge in [-0.05, 0) is 124 Å². The normalized spacial score (nSPS) is 12.4. The zero-order chi connectivity index (χ0) is 48.7. The molecule has 66 heavy (non-hydrogen) atoms. The van der Waals surface area contributed by atoms with Crippen molar-refractivity contribution in [3.63, 3.8) is 0 Å². The smallest absolute Gasteiger partial charge is 0.241 e. The first-order chi connectivity index (χ1) is 30.8. The number of aromatic hydroxyl groups is 2. The van der Waals surface area contributed by atoms with Crippen LogP contribution in [0.5, 0.6) is 34.5 Å². The zero-order valence-electron chi connectivity index (χ0n) is 42.8. The number of methoxy groups -OCH3 is 2. The van der Waals surface area contributed by atoms with E-state index in [1.807, 2.05) is 74.5 Å². The summed E-state index contributed by atoms with van der Waals surface area (Å²) in [6.45, 7) is 32.5. The van der Waals surface area contributed by atoms with Crippen LogP contribution in [-0.2, 0) is 21.7 Å². The summed E-state index contributed by atoms with van der Waals surface area (Å²) in [7, 11) is 3.48. The van der Waals surface area contributed by atoms with Crippen molar-refractivity contribution in [2.24, 2.45) is 0 Å². The van der Waals surface area contributed by atoms with E-state index in [2.05, 4.69) is 126 Å². The van der Waals surface area contributed by atoms with Gasteiger partial charge in [-0.3, -0.25) is 0 Å². The van der Waals surface area contributed by atoms with Crippen LogP contribution in [0.2, 0.25) is 0 Å². The molecule has 0 aliphatic carbocycles. The number of rotatable bonds is 12. The first kappa shape index (κ1) is 49.6. The van der Waals surface area contributed by atoms with Crippen LogP contribution in [0, 0.1) is 13.8 Å². The first-order valence-electron chi connectivity index (χ1n) is 23.4. The molecular formula is C60H74O6. The molecule has 0 fully saturated rings. The minimum atomic E-state index is -0.536. The minimum Gasteiger partial charge on any atom is -0.507 e. The van der Waals surface area contributed by atoms with E-state index in [0.717, 1.165) is 95.8 Å². The first-order valence-corrected chi connectivity index (χ1v) is 23.4. The molecule has 0 amide bonds. The molecule has 0 radical (unpaired) electrons. The predicted octanol–water partition coefficient (Wildman–Crippen LogP) is 16.2. The van der Waals surface area contributed by atoms with Crippen LogP contribution in [0.15, 0.2) is 97.1 Å². The van der Waals surface area contributed by atoms with E-state index in [1.54, 1.807) is 14.2 Å². The Morgan fingerprint density at radius 1 is 0.439 bits per heavy atom. The van der Waals surface area contributed by atoms with E-state index in [9.17, 15) is 10.2 Å². The third kappa shape index (κ3) is 10.4. The van der Waals surface area contributed by atoms with E-state index in [-0.39, 0.29) is 33.2 Å². The molecule has 0 atom stereocenters. The van der Waals surface area contributed by atoms with E-state index >= 15 is 0 Å². The van der Waals surface area contributed by atoms with Gasteiger partial charge in [0, 0.05) is 50.9 Å². The van der Waals surface area contributed by atoms with Crippen LogP contribution >= 0.6 is 0 Å². The molecule has 6 heteroatoms. The zero-order valence-corrected chi connectivity index (χ0v) is 42.8. The fourth-order valence-corrected chi connectivity index (χ4v) is 8.81. The fraction of sp³-hybridized carbons (Fsp3) is 0.400. The van der Waals surface area contributed by atoms with Gasteiger partial charge in [-0.25, -0.2) is 0 Å². The van der Waals surface area contributed by atoms with Crippen LogP contribution in [0.4, 0.5) is 0 Å². The van der Waals surface area contributed by atoms with Gasteiger partial charge in [-0.15, -0.1) is 0 Å². The Balaban J connectivity index is 1.27. The summed E-state index contributed by atoms with van der Waals surface area (Å²) in [4.78, 5) is 0. The molecule has 0 spiro atoms. The second kappa shape index (κ2) is 18.8. The number of phenols is 2. The maximum absolute atomic E-state index is 11.9. The highest BCUT2D eigenvalue weighted by molar-refractivity contribution is 5.85. The maximum atomic E-state index is 11.9. The number of benzene rings is 6. The third-order valence-corrected chi connectivity index (χ3v) is 12.5. The van der Waals surface area contributed by atoms with Crippen molar-refractivity contribution in [2.75, 3.05) is 14.2 Å². The van der Waals surface area contributed by atoms with Crippen LogP contribution in [0.1, 0.15) is 136 Å². The molecule has 0 saturated carbocycles. The summed E-state index contributed by atoms with van der Waals surface area (Å²) in [6, 6.07) is 32.6. The van der Waals surface area contributed by atoms with Crippen molar-refractivity contribution in [2.45, 2.75) is 145 Å². The lowest BCUT2D eigenvalue weighted by molar-refractivity contribution is -0.00202. The number of hydrogen-bond acceptors (Lipinski definition) is 6. The fourth-order valence-electron chi connectivity index (χ4n) is 8.81. The summed E-state index contributed by atoms with van der Waals surface area (Å²) in [5, 5.41) is 23.9. The van der Waals surface area contributed by atoms with E-state index < -0.39 is 6.29 Å². The summed E-state index contributed by atoms with van der Waals surface area (Å²) in [5.41, 5.74) is 12.3. The van der Waals surface area contributed by atoms with Crippen molar-refractivity contribution in [1.29, 1.82) is 0 Å².